The van der Waals surface area contributed by atoms with E-state index in [0.29, 0.717) is 29.6 Å². The van der Waals surface area contributed by atoms with Gasteiger partial charge in [-0.3, -0.25) is 9.36 Å². The van der Waals surface area contributed by atoms with E-state index in [0.717, 1.165) is 62.7 Å². The van der Waals surface area contributed by atoms with Crippen molar-refractivity contribution >= 4 is 17.1 Å². The number of hydrogen-bond donors (Lipinski definition) is 1. The smallest absolute Gasteiger partial charge is 0.256 e. The van der Waals surface area contributed by atoms with Gasteiger partial charge in [-0.05, 0) is 50.3 Å². The van der Waals surface area contributed by atoms with Gasteiger partial charge < -0.3 is 10.2 Å². The maximum Gasteiger partial charge on any atom is 0.256 e. The lowest BCUT2D eigenvalue weighted by Crippen LogP contribution is -2.39. The molecule has 1 aliphatic heterocycles. The highest BCUT2D eigenvalue weighted by Crippen LogP contribution is 2.30. The van der Waals surface area contributed by atoms with Gasteiger partial charge in [0.1, 0.15) is 5.52 Å². The van der Waals surface area contributed by atoms with E-state index >= 15 is 0 Å². The molecule has 2 aliphatic rings. The Morgan fingerprint density at radius 1 is 1.03 bits per heavy atom. The Labute approximate surface area is 195 Å². The molecule has 0 atom stereocenters. The van der Waals surface area contributed by atoms with Crippen molar-refractivity contribution in [3.63, 3.8) is 0 Å². The number of aromatic nitrogens is 4. The number of nitrogens with zero attached hydrogens (tertiary/aromatic N) is 5. The maximum atomic E-state index is 13.6. The molecule has 0 spiro atoms. The van der Waals surface area contributed by atoms with Crippen molar-refractivity contribution < 1.29 is 0 Å². The van der Waals surface area contributed by atoms with Crippen LogP contribution in [0.5, 0.6) is 0 Å². The molecule has 0 unspecified atom stereocenters. The highest BCUT2D eigenvalue weighted by Gasteiger charge is 2.24. The fourth-order valence-electron chi connectivity index (χ4n) is 5.38. The first kappa shape index (κ1) is 22.0. The Bertz CT molecular complexity index is 1130. The van der Waals surface area contributed by atoms with E-state index < -0.39 is 0 Å². The van der Waals surface area contributed by atoms with Crippen LogP contribution in [0.15, 0.2) is 41.2 Å². The number of piperidine rings is 1. The topological polar surface area (TPSA) is 75.9 Å². The summed E-state index contributed by atoms with van der Waals surface area (Å²) in [6.07, 6.45) is 8.29. The second-order valence-corrected chi connectivity index (χ2v) is 9.55. The lowest BCUT2D eigenvalue weighted by Gasteiger charge is -2.32. The number of anilines is 1. The molecule has 0 amide bonds. The summed E-state index contributed by atoms with van der Waals surface area (Å²) in [5.41, 5.74) is 3.33. The number of benzene rings is 1. The zero-order valence-electron chi connectivity index (χ0n) is 19.5. The van der Waals surface area contributed by atoms with Gasteiger partial charge in [-0.25, -0.2) is 0 Å². The minimum absolute atomic E-state index is 0.0672. The van der Waals surface area contributed by atoms with Crippen molar-refractivity contribution in [1.29, 1.82) is 0 Å². The van der Waals surface area contributed by atoms with Gasteiger partial charge in [0.25, 0.3) is 5.56 Å². The fourth-order valence-corrected chi connectivity index (χ4v) is 5.38. The Kier molecular flexibility index (Phi) is 6.67. The minimum atomic E-state index is 0.0672. The average Bonchev–Trinajstić information content (AvgIpc) is 3.36. The monoisotopic (exact) mass is 446 g/mol. The van der Waals surface area contributed by atoms with Gasteiger partial charge in [0.15, 0.2) is 5.65 Å². The van der Waals surface area contributed by atoms with Crippen molar-refractivity contribution in [2.24, 2.45) is 0 Å². The first-order valence-corrected chi connectivity index (χ1v) is 12.5. The summed E-state index contributed by atoms with van der Waals surface area (Å²) in [6, 6.07) is 12.6. The minimum Gasteiger partial charge on any atom is -0.350 e. The van der Waals surface area contributed by atoms with Crippen LogP contribution in [0.2, 0.25) is 0 Å². The molecule has 0 bridgehead atoms. The van der Waals surface area contributed by atoms with E-state index in [1.807, 2.05) is 28.8 Å². The summed E-state index contributed by atoms with van der Waals surface area (Å²) in [7, 11) is 0. The van der Waals surface area contributed by atoms with E-state index in [1.165, 1.54) is 13.0 Å². The van der Waals surface area contributed by atoms with Crippen molar-refractivity contribution in [2.75, 3.05) is 25.0 Å². The second kappa shape index (κ2) is 10.00. The number of rotatable bonds is 7. The Morgan fingerprint density at radius 2 is 1.79 bits per heavy atom. The molecule has 5 rings (SSSR count). The van der Waals surface area contributed by atoms with Crippen molar-refractivity contribution in [3.8, 4) is 0 Å². The van der Waals surface area contributed by atoms with E-state index in [2.05, 4.69) is 39.5 Å². The lowest BCUT2D eigenvalue weighted by atomic mass is 10.1. The first-order chi connectivity index (χ1) is 16.2. The molecule has 1 saturated heterocycles. The fraction of sp³-hybridized carbons (Fsp3) is 0.538. The normalized spacial score (nSPS) is 18.2. The summed E-state index contributed by atoms with van der Waals surface area (Å²) in [5, 5.41) is 12.4. The van der Waals surface area contributed by atoms with E-state index in [1.54, 1.807) is 0 Å². The van der Waals surface area contributed by atoms with Crippen LogP contribution in [0.4, 0.5) is 5.95 Å². The molecule has 1 N–H and O–H groups in total. The maximum absolute atomic E-state index is 13.6. The van der Waals surface area contributed by atoms with Gasteiger partial charge >= 0.3 is 0 Å². The number of nitrogens with one attached hydrogen (secondary N) is 1. The predicted molar refractivity (Wildman–Crippen MR) is 132 cm³/mol. The van der Waals surface area contributed by atoms with E-state index in [9.17, 15) is 4.79 Å². The van der Waals surface area contributed by atoms with Gasteiger partial charge in [0.2, 0.25) is 5.95 Å². The summed E-state index contributed by atoms with van der Waals surface area (Å²) in [6.45, 7) is 5.60. The van der Waals surface area contributed by atoms with Crippen LogP contribution in [0.25, 0.3) is 11.2 Å². The molecule has 7 nitrogen and oxygen atoms in total. The molecule has 1 saturated carbocycles. The highest BCUT2D eigenvalue weighted by molar-refractivity contribution is 5.71. The van der Waals surface area contributed by atoms with Crippen molar-refractivity contribution in [3.05, 3.63) is 57.9 Å². The summed E-state index contributed by atoms with van der Waals surface area (Å²) < 4.78 is 1.92. The van der Waals surface area contributed by atoms with Crippen LogP contribution in [-0.2, 0) is 6.42 Å². The van der Waals surface area contributed by atoms with Crippen LogP contribution in [0, 0.1) is 0 Å². The van der Waals surface area contributed by atoms with Crippen LogP contribution in [-0.4, -0.2) is 50.3 Å². The molecular weight excluding hydrogens is 412 g/mol. The molecular formula is C26H34N6O. The molecule has 3 heterocycles. The van der Waals surface area contributed by atoms with Gasteiger partial charge in [0.05, 0.1) is 0 Å². The van der Waals surface area contributed by atoms with Crippen LogP contribution >= 0.6 is 0 Å². The Hall–Kier alpha value is -2.80. The van der Waals surface area contributed by atoms with Gasteiger partial charge in [-0.15, -0.1) is 10.2 Å². The third-order valence-corrected chi connectivity index (χ3v) is 7.11. The second-order valence-electron chi connectivity index (χ2n) is 9.55. The largest absolute Gasteiger partial charge is 0.350 e. The van der Waals surface area contributed by atoms with Gasteiger partial charge in [-0.2, -0.15) is 4.98 Å². The lowest BCUT2D eigenvalue weighted by molar-refractivity contribution is 0.219. The first-order valence-electron chi connectivity index (χ1n) is 12.5. The number of pyridine rings is 1. The number of likely N-dealkylation sites (tertiary alicyclic amines) is 1. The van der Waals surface area contributed by atoms with E-state index in [4.69, 9.17) is 4.98 Å². The molecule has 3 aromatic rings. The SMILES string of the molecule is CCCN1CCC(Nc2nnc3cc(Cc4ccccc4)c(=O)n(C4CCCC4)c3n2)CC1. The molecule has 2 aromatic heterocycles. The van der Waals surface area contributed by atoms with Crippen molar-refractivity contribution in [1.82, 2.24) is 24.6 Å². The quantitative estimate of drug-likeness (QED) is 0.587. The predicted octanol–water partition coefficient (Wildman–Crippen LogP) is 4.18. The van der Waals surface area contributed by atoms with Crippen LogP contribution < -0.4 is 10.9 Å². The Balaban J connectivity index is 1.45. The van der Waals surface area contributed by atoms with E-state index in [-0.39, 0.29) is 11.6 Å². The molecule has 1 aliphatic carbocycles. The summed E-state index contributed by atoms with van der Waals surface area (Å²) in [4.78, 5) is 21.0. The van der Waals surface area contributed by atoms with Crippen LogP contribution in [0.3, 0.4) is 0 Å². The molecule has 1 aromatic carbocycles. The third-order valence-electron chi connectivity index (χ3n) is 7.11. The number of fused-ring (bicyclic) bond motifs is 1. The van der Waals surface area contributed by atoms with Gasteiger partial charge in [-0.1, -0.05) is 50.1 Å². The zero-order chi connectivity index (χ0) is 22.6. The van der Waals surface area contributed by atoms with Crippen LogP contribution in [0.1, 0.15) is 69.0 Å². The summed E-state index contributed by atoms with van der Waals surface area (Å²) >= 11 is 0. The standard InChI is InChI=1S/C26H34N6O/c1-2-14-31-15-12-21(13-16-31)27-26-28-24-23(29-30-26)18-20(17-19-8-4-3-5-9-19)25(33)32(24)22-10-6-7-11-22/h3-5,8-9,18,21-22H,2,6-7,10-17H2,1H3,(H,27,28,30). The number of hydrogen-bond acceptors (Lipinski definition) is 6. The van der Waals surface area contributed by atoms with Crippen molar-refractivity contribution in [2.45, 2.75) is 70.4 Å². The highest BCUT2D eigenvalue weighted by atomic mass is 16.1. The molecule has 7 heteroatoms. The molecule has 2 fully saturated rings. The summed E-state index contributed by atoms with van der Waals surface area (Å²) in [5.74, 6) is 0.540. The Morgan fingerprint density at radius 3 is 2.52 bits per heavy atom. The average molecular weight is 447 g/mol. The molecule has 0 radical (unpaired) electrons. The van der Waals surface area contributed by atoms with Gasteiger partial charge in [0, 0.05) is 37.2 Å². The molecule has 174 valence electrons. The molecule has 33 heavy (non-hydrogen) atoms. The zero-order valence-corrected chi connectivity index (χ0v) is 19.5. The third kappa shape index (κ3) is 4.93.